The molecule has 20 heavy (non-hydrogen) atoms. The van der Waals surface area contributed by atoms with Gasteiger partial charge in [-0.3, -0.25) is 9.59 Å². The van der Waals surface area contributed by atoms with Crippen molar-refractivity contribution in [3.05, 3.63) is 32.4 Å². The summed E-state index contributed by atoms with van der Waals surface area (Å²) in [6.07, 6.45) is 0. The predicted octanol–water partition coefficient (Wildman–Crippen LogP) is 2.83. The van der Waals surface area contributed by atoms with E-state index in [2.05, 4.69) is 22.6 Å². The molecular formula is C14H15ClINO3. The number of esters is 1. The highest BCUT2D eigenvalue weighted by Crippen LogP contribution is 2.27. The van der Waals surface area contributed by atoms with E-state index >= 15 is 0 Å². The van der Waals surface area contributed by atoms with Crippen molar-refractivity contribution in [1.82, 2.24) is 4.90 Å². The minimum absolute atomic E-state index is 0.0958. The van der Waals surface area contributed by atoms with Crippen LogP contribution in [0.4, 0.5) is 0 Å². The lowest BCUT2D eigenvalue weighted by atomic mass is 9.99. The second-order valence-electron chi connectivity index (χ2n) is 4.95. The van der Waals surface area contributed by atoms with Crippen LogP contribution in [0.25, 0.3) is 0 Å². The number of amides is 1. The Morgan fingerprint density at radius 1 is 1.40 bits per heavy atom. The summed E-state index contributed by atoms with van der Waals surface area (Å²) in [7, 11) is 1.37. The van der Waals surface area contributed by atoms with Crippen LogP contribution in [0.5, 0.6) is 0 Å². The number of rotatable bonds is 2. The van der Waals surface area contributed by atoms with Crippen molar-refractivity contribution in [3.8, 4) is 0 Å². The number of hydrogen-bond donors (Lipinski definition) is 0. The fourth-order valence-corrected chi connectivity index (χ4v) is 2.92. The average Bonchev–Trinajstić information content (AvgIpc) is 2.82. The molecule has 1 heterocycles. The van der Waals surface area contributed by atoms with Crippen LogP contribution < -0.4 is 0 Å². The molecule has 1 aliphatic rings. The van der Waals surface area contributed by atoms with Gasteiger partial charge in [0.25, 0.3) is 5.91 Å². The van der Waals surface area contributed by atoms with Gasteiger partial charge in [0.2, 0.25) is 0 Å². The van der Waals surface area contributed by atoms with Gasteiger partial charge in [0, 0.05) is 22.2 Å². The molecule has 2 atom stereocenters. The molecule has 1 aromatic rings. The van der Waals surface area contributed by atoms with Gasteiger partial charge >= 0.3 is 5.97 Å². The molecule has 0 saturated carbocycles. The van der Waals surface area contributed by atoms with Crippen molar-refractivity contribution >= 4 is 46.1 Å². The smallest absolute Gasteiger partial charge is 0.310 e. The van der Waals surface area contributed by atoms with E-state index in [1.165, 1.54) is 7.11 Å². The quantitative estimate of drug-likeness (QED) is 0.559. The molecule has 1 aliphatic heterocycles. The van der Waals surface area contributed by atoms with E-state index in [9.17, 15) is 9.59 Å². The first kappa shape index (κ1) is 15.6. The topological polar surface area (TPSA) is 46.6 Å². The maximum absolute atomic E-state index is 12.4. The molecule has 1 fully saturated rings. The van der Waals surface area contributed by atoms with Gasteiger partial charge in [-0.05, 0) is 46.7 Å². The fourth-order valence-electron chi connectivity index (χ4n) is 2.40. The van der Waals surface area contributed by atoms with Crippen LogP contribution in [0, 0.1) is 15.4 Å². The van der Waals surface area contributed by atoms with Crippen molar-refractivity contribution in [3.63, 3.8) is 0 Å². The molecule has 6 heteroatoms. The van der Waals surface area contributed by atoms with Crippen molar-refractivity contribution < 1.29 is 14.3 Å². The molecule has 1 saturated heterocycles. The van der Waals surface area contributed by atoms with Gasteiger partial charge in [-0.15, -0.1) is 0 Å². The van der Waals surface area contributed by atoms with Gasteiger partial charge in [0.15, 0.2) is 0 Å². The minimum atomic E-state index is -0.256. The van der Waals surface area contributed by atoms with E-state index < -0.39 is 0 Å². The first-order chi connectivity index (χ1) is 9.43. The molecule has 4 nitrogen and oxygen atoms in total. The Kier molecular flexibility index (Phi) is 4.90. The van der Waals surface area contributed by atoms with Crippen LogP contribution in [-0.2, 0) is 9.53 Å². The van der Waals surface area contributed by atoms with Gasteiger partial charge in [-0.1, -0.05) is 18.5 Å². The summed E-state index contributed by atoms with van der Waals surface area (Å²) in [4.78, 5) is 25.8. The third-order valence-electron chi connectivity index (χ3n) is 3.57. The molecule has 108 valence electrons. The summed E-state index contributed by atoms with van der Waals surface area (Å²) in [5.74, 6) is -0.496. The zero-order valence-electron chi connectivity index (χ0n) is 11.2. The van der Waals surface area contributed by atoms with Gasteiger partial charge in [0.1, 0.15) is 0 Å². The summed E-state index contributed by atoms with van der Waals surface area (Å²) in [5, 5.41) is 0.563. The van der Waals surface area contributed by atoms with Crippen molar-refractivity contribution in [2.75, 3.05) is 20.2 Å². The second kappa shape index (κ2) is 6.30. The summed E-state index contributed by atoms with van der Waals surface area (Å²) in [6, 6.07) is 5.24. The van der Waals surface area contributed by atoms with E-state index in [1.807, 2.05) is 13.0 Å². The fraction of sp³-hybridized carbons (Fsp3) is 0.429. The van der Waals surface area contributed by atoms with Gasteiger partial charge < -0.3 is 9.64 Å². The number of carbonyl (C=O) groups is 2. The molecule has 0 radical (unpaired) electrons. The van der Waals surface area contributed by atoms with Crippen LogP contribution in [0.15, 0.2) is 18.2 Å². The number of benzene rings is 1. The highest BCUT2D eigenvalue weighted by Gasteiger charge is 2.37. The lowest BCUT2D eigenvalue weighted by molar-refractivity contribution is -0.146. The van der Waals surface area contributed by atoms with Crippen LogP contribution in [-0.4, -0.2) is 37.0 Å². The number of hydrogen-bond acceptors (Lipinski definition) is 3. The Morgan fingerprint density at radius 3 is 2.70 bits per heavy atom. The summed E-state index contributed by atoms with van der Waals surface area (Å²) in [5.41, 5.74) is 0.549. The molecular weight excluding hydrogens is 393 g/mol. The molecule has 1 aromatic carbocycles. The van der Waals surface area contributed by atoms with Crippen molar-refractivity contribution in [1.29, 1.82) is 0 Å². The average molecular weight is 408 g/mol. The zero-order chi connectivity index (χ0) is 14.9. The number of carbonyl (C=O) groups excluding carboxylic acids is 2. The summed E-state index contributed by atoms with van der Waals surface area (Å²) >= 11 is 8.16. The normalized spacial score (nSPS) is 21.9. The predicted molar refractivity (Wildman–Crippen MR) is 84.7 cm³/mol. The molecule has 1 amide bonds. The number of nitrogens with zero attached hydrogens (tertiary/aromatic N) is 1. The Labute approximate surface area is 136 Å². The summed E-state index contributed by atoms with van der Waals surface area (Å²) < 4.78 is 5.68. The van der Waals surface area contributed by atoms with Crippen LogP contribution in [0.2, 0.25) is 5.02 Å². The maximum atomic E-state index is 12.4. The Hall–Kier alpha value is -0.820. The minimum Gasteiger partial charge on any atom is -0.469 e. The number of likely N-dealkylation sites (tertiary alicyclic amines) is 1. The van der Waals surface area contributed by atoms with Crippen molar-refractivity contribution in [2.45, 2.75) is 6.92 Å². The maximum Gasteiger partial charge on any atom is 0.310 e. The SMILES string of the molecule is COC(=O)C1CN(C(=O)c2ccc(I)c(Cl)c2)CC1C. The van der Waals surface area contributed by atoms with E-state index in [0.29, 0.717) is 23.7 Å². The van der Waals surface area contributed by atoms with Gasteiger partial charge in [0.05, 0.1) is 18.1 Å². The third kappa shape index (κ3) is 3.09. The van der Waals surface area contributed by atoms with Crippen LogP contribution in [0.3, 0.4) is 0 Å². The molecule has 2 unspecified atom stereocenters. The van der Waals surface area contributed by atoms with Crippen molar-refractivity contribution in [2.24, 2.45) is 11.8 Å². The molecule has 0 N–H and O–H groups in total. The molecule has 0 spiro atoms. The van der Waals surface area contributed by atoms with Gasteiger partial charge in [-0.25, -0.2) is 0 Å². The molecule has 0 bridgehead atoms. The second-order valence-corrected chi connectivity index (χ2v) is 6.52. The van der Waals surface area contributed by atoms with E-state index in [-0.39, 0.29) is 23.7 Å². The zero-order valence-corrected chi connectivity index (χ0v) is 14.1. The highest BCUT2D eigenvalue weighted by atomic mass is 127. The lowest BCUT2D eigenvalue weighted by Crippen LogP contribution is -2.30. The molecule has 2 rings (SSSR count). The summed E-state index contributed by atoms with van der Waals surface area (Å²) in [6.45, 7) is 2.91. The highest BCUT2D eigenvalue weighted by molar-refractivity contribution is 14.1. The van der Waals surface area contributed by atoms with Crippen LogP contribution in [0.1, 0.15) is 17.3 Å². The van der Waals surface area contributed by atoms with E-state index in [4.69, 9.17) is 16.3 Å². The Bertz CT molecular complexity index is 549. The van der Waals surface area contributed by atoms with E-state index in [0.717, 1.165) is 3.57 Å². The van der Waals surface area contributed by atoms with E-state index in [1.54, 1.807) is 17.0 Å². The van der Waals surface area contributed by atoms with Crippen LogP contribution >= 0.6 is 34.2 Å². The lowest BCUT2D eigenvalue weighted by Gasteiger charge is -2.16. The monoisotopic (exact) mass is 407 g/mol. The number of halogens is 2. The van der Waals surface area contributed by atoms with Gasteiger partial charge in [-0.2, -0.15) is 0 Å². The number of ether oxygens (including phenoxy) is 1. The largest absolute Gasteiger partial charge is 0.469 e. The number of methoxy groups -OCH3 is 1. The Morgan fingerprint density at radius 2 is 2.10 bits per heavy atom. The third-order valence-corrected chi connectivity index (χ3v) is 5.14. The first-order valence-corrected chi connectivity index (χ1v) is 7.72. The molecule has 0 aliphatic carbocycles. The first-order valence-electron chi connectivity index (χ1n) is 6.26. The standard InChI is InChI=1S/C14H15ClINO3/c1-8-6-17(7-10(8)14(19)20-2)13(18)9-3-4-12(16)11(15)5-9/h3-5,8,10H,6-7H2,1-2H3. The molecule has 0 aromatic heterocycles. The Balaban J connectivity index is 2.14.